The van der Waals surface area contributed by atoms with E-state index in [1.165, 1.54) is 12.1 Å². The highest BCUT2D eigenvalue weighted by Gasteiger charge is 2.43. The molecule has 1 atom stereocenters. The molecule has 1 amide bonds. The molecular formula is C18H23N4O8P. The minimum Gasteiger partial charge on any atom is -0.464 e. The topological polar surface area (TPSA) is 148 Å². The Kier molecular flexibility index (Phi) is 8.43. The van der Waals surface area contributed by atoms with E-state index in [0.717, 1.165) is 18.9 Å². The van der Waals surface area contributed by atoms with Gasteiger partial charge in [-0.3, -0.25) is 9.36 Å². The molecule has 1 heterocycles. The first-order valence-corrected chi connectivity index (χ1v) is 10.8. The van der Waals surface area contributed by atoms with E-state index in [9.17, 15) is 18.9 Å². The summed E-state index contributed by atoms with van der Waals surface area (Å²) >= 11 is 0. The molecule has 1 N–H and O–H groups in total. The Bertz CT molecular complexity index is 968. The van der Waals surface area contributed by atoms with Crippen molar-refractivity contribution in [2.75, 3.05) is 27.4 Å². The number of hydrogen-bond acceptors (Lipinski definition) is 10. The molecule has 2 rings (SSSR count). The first kappa shape index (κ1) is 24.2. The number of amides is 1. The molecule has 0 bridgehead atoms. The number of rotatable bonds is 10. The van der Waals surface area contributed by atoms with E-state index in [2.05, 4.69) is 20.4 Å². The molecule has 0 aliphatic heterocycles. The van der Waals surface area contributed by atoms with Gasteiger partial charge in [0.15, 0.2) is 5.69 Å². The third-order valence-corrected chi connectivity index (χ3v) is 6.08. The van der Waals surface area contributed by atoms with Gasteiger partial charge in [0.25, 0.3) is 5.91 Å². The van der Waals surface area contributed by atoms with Crippen molar-refractivity contribution in [2.45, 2.75) is 19.8 Å². The average molecular weight is 454 g/mol. The van der Waals surface area contributed by atoms with Crippen LogP contribution in [0.5, 0.6) is 0 Å². The van der Waals surface area contributed by atoms with E-state index in [1.54, 1.807) is 32.0 Å². The number of carbonyl (C=O) groups is 3. The second-order valence-corrected chi connectivity index (χ2v) is 7.89. The highest BCUT2D eigenvalue weighted by Crippen LogP contribution is 2.57. The zero-order chi connectivity index (χ0) is 23.0. The number of ether oxygens (including phenoxy) is 2. The van der Waals surface area contributed by atoms with Crippen molar-refractivity contribution in [3.63, 3.8) is 0 Å². The van der Waals surface area contributed by atoms with Crippen LogP contribution in [0.15, 0.2) is 30.3 Å². The number of nitrogens with one attached hydrogen (secondary N) is 1. The summed E-state index contributed by atoms with van der Waals surface area (Å²) in [5, 5.41) is 9.89. The number of aromatic nitrogens is 3. The van der Waals surface area contributed by atoms with Crippen LogP contribution in [0.2, 0.25) is 0 Å². The first-order chi connectivity index (χ1) is 14.8. The van der Waals surface area contributed by atoms with E-state index >= 15 is 0 Å². The van der Waals surface area contributed by atoms with Gasteiger partial charge in [0.1, 0.15) is 0 Å². The third kappa shape index (κ3) is 5.35. The molecule has 2 aromatic rings. The van der Waals surface area contributed by atoms with Gasteiger partial charge in [0.2, 0.25) is 11.6 Å². The summed E-state index contributed by atoms with van der Waals surface area (Å²) in [4.78, 5) is 37.3. The molecule has 0 saturated carbocycles. The smallest absolute Gasteiger partial charge is 0.375 e. The normalized spacial score (nSPS) is 12.1. The average Bonchev–Trinajstić information content (AvgIpc) is 3.21. The van der Waals surface area contributed by atoms with Gasteiger partial charge < -0.3 is 23.8 Å². The second kappa shape index (κ2) is 10.8. The molecule has 13 heteroatoms. The molecule has 0 spiro atoms. The molecule has 1 aromatic carbocycles. The highest BCUT2D eigenvalue weighted by molar-refractivity contribution is 7.53. The predicted molar refractivity (Wildman–Crippen MR) is 107 cm³/mol. The van der Waals surface area contributed by atoms with Crippen LogP contribution in [0, 0.1) is 0 Å². The molecule has 0 aliphatic rings. The van der Waals surface area contributed by atoms with Crippen LogP contribution in [-0.4, -0.2) is 60.3 Å². The summed E-state index contributed by atoms with van der Waals surface area (Å²) in [6, 6.07) is 8.05. The minimum absolute atomic E-state index is 0.0406. The summed E-state index contributed by atoms with van der Waals surface area (Å²) in [5.74, 6) is -4.30. The summed E-state index contributed by atoms with van der Waals surface area (Å²) < 4.78 is 34.4. The van der Waals surface area contributed by atoms with Crippen LogP contribution in [0.3, 0.4) is 0 Å². The van der Waals surface area contributed by atoms with E-state index in [4.69, 9.17) is 13.8 Å². The monoisotopic (exact) mass is 454 g/mol. The van der Waals surface area contributed by atoms with Crippen molar-refractivity contribution in [3.8, 4) is 0 Å². The number of hydrogen-bond donors (Lipinski definition) is 1. The van der Waals surface area contributed by atoms with Crippen molar-refractivity contribution >= 4 is 25.4 Å². The lowest BCUT2D eigenvalue weighted by molar-refractivity contribution is 0.0540. The van der Waals surface area contributed by atoms with Crippen molar-refractivity contribution < 1.29 is 37.5 Å². The molecule has 12 nitrogen and oxygen atoms in total. The number of benzene rings is 1. The van der Waals surface area contributed by atoms with Crippen LogP contribution < -0.4 is 5.32 Å². The van der Waals surface area contributed by atoms with Crippen molar-refractivity contribution in [2.24, 2.45) is 0 Å². The van der Waals surface area contributed by atoms with E-state index < -0.39 is 42.7 Å². The Labute approximate surface area is 178 Å². The van der Waals surface area contributed by atoms with Crippen molar-refractivity contribution in [3.05, 3.63) is 47.3 Å². The maximum atomic E-state index is 13.6. The Morgan fingerprint density at radius 3 is 2.13 bits per heavy atom. The molecule has 0 radical (unpaired) electrons. The largest absolute Gasteiger partial charge is 0.464 e. The molecule has 1 aromatic heterocycles. The van der Waals surface area contributed by atoms with Gasteiger partial charge >= 0.3 is 19.5 Å². The summed E-state index contributed by atoms with van der Waals surface area (Å²) in [6.07, 6.45) is 0. The van der Waals surface area contributed by atoms with Gasteiger partial charge in [-0.1, -0.05) is 23.4 Å². The molecule has 0 aliphatic carbocycles. The van der Waals surface area contributed by atoms with Gasteiger partial charge in [-0.05, 0) is 26.0 Å². The van der Waals surface area contributed by atoms with Gasteiger partial charge in [0, 0.05) is 5.56 Å². The van der Waals surface area contributed by atoms with E-state index in [1.807, 2.05) is 0 Å². The Balaban J connectivity index is 2.66. The fraction of sp³-hybridized carbons (Fsp3) is 0.389. The highest BCUT2D eigenvalue weighted by atomic mass is 31.2. The van der Waals surface area contributed by atoms with Crippen LogP contribution in [0.1, 0.15) is 51.1 Å². The van der Waals surface area contributed by atoms with Crippen molar-refractivity contribution in [1.29, 1.82) is 0 Å². The lowest BCUT2D eigenvalue weighted by atomic mass is 10.2. The lowest BCUT2D eigenvalue weighted by Crippen LogP contribution is -2.36. The molecular weight excluding hydrogens is 431 g/mol. The zero-order valence-electron chi connectivity index (χ0n) is 17.4. The fourth-order valence-electron chi connectivity index (χ4n) is 2.59. The maximum Gasteiger partial charge on any atom is 0.375 e. The maximum absolute atomic E-state index is 13.6. The quantitative estimate of drug-likeness (QED) is 0.417. The molecule has 31 heavy (non-hydrogen) atoms. The van der Waals surface area contributed by atoms with Crippen LogP contribution in [0.25, 0.3) is 0 Å². The van der Waals surface area contributed by atoms with Crippen molar-refractivity contribution in [1.82, 2.24) is 20.3 Å². The first-order valence-electron chi connectivity index (χ1n) is 9.19. The summed E-state index contributed by atoms with van der Waals surface area (Å²) in [5.41, 5.74) is -0.750. The molecule has 1 unspecified atom stereocenters. The van der Waals surface area contributed by atoms with E-state index in [-0.39, 0.29) is 18.8 Å². The predicted octanol–water partition coefficient (Wildman–Crippen LogP) is 2.00. The van der Waals surface area contributed by atoms with Crippen LogP contribution in [0.4, 0.5) is 0 Å². The number of nitrogens with zero attached hydrogens (tertiary/aromatic N) is 3. The van der Waals surface area contributed by atoms with E-state index in [0.29, 0.717) is 0 Å². The van der Waals surface area contributed by atoms with Crippen LogP contribution in [-0.2, 0) is 23.1 Å². The Hall–Kier alpha value is -3.08. The molecule has 168 valence electrons. The number of esters is 2. The minimum atomic E-state index is -4.16. The summed E-state index contributed by atoms with van der Waals surface area (Å²) in [6.45, 7) is 3.07. The van der Waals surface area contributed by atoms with Gasteiger partial charge in [-0.2, -0.15) is 0 Å². The lowest BCUT2D eigenvalue weighted by Gasteiger charge is -2.27. The fourth-order valence-corrected chi connectivity index (χ4v) is 4.37. The van der Waals surface area contributed by atoms with Gasteiger partial charge in [0.05, 0.1) is 27.4 Å². The SMILES string of the molecule is CCOP(=O)(OCC)C(NC(=O)c1ccccc1)n1nnc(C(=O)OC)c1C(=O)OC. The molecule has 0 saturated heterocycles. The van der Waals surface area contributed by atoms with Gasteiger partial charge in [-0.25, -0.2) is 14.3 Å². The molecule has 0 fully saturated rings. The third-order valence-electron chi connectivity index (χ3n) is 3.90. The Morgan fingerprint density at radius 2 is 1.61 bits per heavy atom. The second-order valence-electron chi connectivity index (χ2n) is 5.80. The number of carbonyl (C=O) groups excluding carboxylic acids is 3. The standard InChI is InChI=1S/C18H23N4O8P/c1-5-29-31(26,30-6-2)18(19-15(23)12-10-8-7-9-11-12)22-14(17(25)28-4)13(20-21-22)16(24)27-3/h7-11,18H,5-6H2,1-4H3,(H,19,23). The zero-order valence-corrected chi connectivity index (χ0v) is 18.3. The summed E-state index contributed by atoms with van der Waals surface area (Å²) in [7, 11) is -2.00. The van der Waals surface area contributed by atoms with Gasteiger partial charge in [-0.15, -0.1) is 5.10 Å². The Morgan fingerprint density at radius 1 is 1.03 bits per heavy atom. The number of methoxy groups -OCH3 is 2. The van der Waals surface area contributed by atoms with Crippen LogP contribution >= 0.6 is 7.60 Å².